The van der Waals surface area contributed by atoms with E-state index < -0.39 is 5.97 Å². The summed E-state index contributed by atoms with van der Waals surface area (Å²) < 4.78 is 11.0. The van der Waals surface area contributed by atoms with Crippen molar-refractivity contribution in [3.63, 3.8) is 0 Å². The maximum atomic E-state index is 11.1. The van der Waals surface area contributed by atoms with Crippen LogP contribution in [-0.4, -0.2) is 24.8 Å². The van der Waals surface area contributed by atoms with Crippen molar-refractivity contribution in [2.24, 2.45) is 5.92 Å². The Morgan fingerprint density at radius 3 is 2.44 bits per heavy atom. The Morgan fingerprint density at radius 1 is 1.44 bits per heavy atom. The molecule has 0 aromatic rings. The molecule has 0 saturated carbocycles. The molecule has 0 aromatic heterocycles. The average molecular weight is 228 g/mol. The van der Waals surface area contributed by atoms with Crippen molar-refractivity contribution in [3.8, 4) is 0 Å². The first-order valence-corrected chi connectivity index (χ1v) is 5.95. The number of carbonyl (C=O) groups excluding carboxylic acids is 1. The number of esters is 1. The van der Waals surface area contributed by atoms with E-state index in [0.29, 0.717) is 19.1 Å². The van der Waals surface area contributed by atoms with E-state index in [1.807, 2.05) is 0 Å². The molecule has 0 aromatic carbocycles. The van der Waals surface area contributed by atoms with Crippen LogP contribution >= 0.6 is 0 Å². The predicted octanol–water partition coefficient (Wildman–Crippen LogP) is 2.95. The minimum atomic E-state index is -0.390. The van der Waals surface area contributed by atoms with Crippen LogP contribution in [0.25, 0.3) is 0 Å². The summed E-state index contributed by atoms with van der Waals surface area (Å²) in [6.07, 6.45) is 2.97. The van der Waals surface area contributed by atoms with Crippen LogP contribution < -0.4 is 0 Å². The summed E-state index contributed by atoms with van der Waals surface area (Å²) in [5, 5.41) is 0. The number of carbonyl (C=O) groups is 1. The largest absolute Gasteiger partial charge is 0.459 e. The van der Waals surface area contributed by atoms with Gasteiger partial charge in [-0.25, -0.2) is 4.79 Å². The van der Waals surface area contributed by atoms with Gasteiger partial charge in [0.15, 0.2) is 0 Å². The molecule has 0 saturated heterocycles. The van der Waals surface area contributed by atoms with Crippen LogP contribution in [0.2, 0.25) is 0 Å². The summed E-state index contributed by atoms with van der Waals surface area (Å²) >= 11 is 0. The molecule has 0 N–H and O–H groups in total. The molecule has 0 bridgehead atoms. The fourth-order valence-corrected chi connectivity index (χ4v) is 1.54. The third kappa shape index (κ3) is 4.35. The number of hydrogen-bond acceptors (Lipinski definition) is 3. The molecule has 16 heavy (non-hydrogen) atoms. The Kier molecular flexibility index (Phi) is 7.06. The van der Waals surface area contributed by atoms with E-state index in [9.17, 15) is 4.79 Å². The van der Waals surface area contributed by atoms with E-state index in [1.54, 1.807) is 0 Å². The van der Waals surface area contributed by atoms with Crippen molar-refractivity contribution in [2.75, 3.05) is 13.2 Å². The summed E-state index contributed by atoms with van der Waals surface area (Å²) in [5.41, 5.74) is -0.366. The number of hydrogen-bond donors (Lipinski definition) is 0. The summed E-state index contributed by atoms with van der Waals surface area (Å²) in [7, 11) is 0. The van der Waals surface area contributed by atoms with Gasteiger partial charge in [-0.2, -0.15) is 0 Å². The lowest BCUT2D eigenvalue weighted by Gasteiger charge is -2.36. The highest BCUT2D eigenvalue weighted by molar-refractivity contribution is 5.81. The van der Waals surface area contributed by atoms with Crippen molar-refractivity contribution in [2.45, 2.75) is 46.1 Å². The molecule has 1 atom stereocenters. The molecule has 0 spiro atoms. The van der Waals surface area contributed by atoms with Crippen LogP contribution in [0.5, 0.6) is 0 Å². The Bertz CT molecular complexity index is 223. The summed E-state index contributed by atoms with van der Waals surface area (Å²) in [6, 6.07) is 0. The van der Waals surface area contributed by atoms with Gasteiger partial charge >= 0.3 is 5.97 Å². The van der Waals surface area contributed by atoms with Gasteiger partial charge < -0.3 is 9.47 Å². The van der Waals surface area contributed by atoms with Crippen molar-refractivity contribution in [3.05, 3.63) is 12.7 Å². The van der Waals surface area contributed by atoms with Gasteiger partial charge in [-0.15, -0.1) is 0 Å². The summed E-state index contributed by atoms with van der Waals surface area (Å²) in [4.78, 5) is 11.1. The van der Waals surface area contributed by atoms with Crippen LogP contribution in [0.3, 0.4) is 0 Å². The van der Waals surface area contributed by atoms with Gasteiger partial charge in [0.1, 0.15) is 12.2 Å². The van der Waals surface area contributed by atoms with E-state index in [0.717, 1.165) is 12.8 Å². The minimum Gasteiger partial charge on any atom is -0.459 e. The molecule has 0 rings (SSSR count). The SMILES string of the molecule is C=CC(=O)OCC(CC)(OCCC)C(C)C. The molecule has 0 aliphatic rings. The molecule has 0 radical (unpaired) electrons. The van der Waals surface area contributed by atoms with Gasteiger partial charge in [-0.3, -0.25) is 0 Å². The second-order valence-electron chi connectivity index (χ2n) is 4.23. The van der Waals surface area contributed by atoms with Gasteiger partial charge in [0.05, 0.1) is 0 Å². The second kappa shape index (κ2) is 7.44. The predicted molar refractivity (Wildman–Crippen MR) is 65.3 cm³/mol. The molecule has 3 nitrogen and oxygen atoms in total. The summed E-state index contributed by atoms with van der Waals surface area (Å²) in [5.74, 6) is -0.0831. The Hall–Kier alpha value is -0.830. The normalized spacial score (nSPS) is 14.6. The van der Waals surface area contributed by atoms with Gasteiger partial charge in [-0.05, 0) is 18.8 Å². The third-order valence-corrected chi connectivity index (χ3v) is 2.87. The highest BCUT2D eigenvalue weighted by atomic mass is 16.6. The Morgan fingerprint density at radius 2 is 2.06 bits per heavy atom. The van der Waals surface area contributed by atoms with Gasteiger partial charge in [0, 0.05) is 12.7 Å². The molecule has 0 heterocycles. The van der Waals surface area contributed by atoms with E-state index in [1.165, 1.54) is 6.08 Å². The molecule has 3 heteroatoms. The lowest BCUT2D eigenvalue weighted by atomic mass is 9.88. The van der Waals surface area contributed by atoms with Crippen LogP contribution in [-0.2, 0) is 14.3 Å². The highest BCUT2D eigenvalue weighted by Crippen LogP contribution is 2.26. The van der Waals surface area contributed by atoms with Crippen molar-refractivity contribution >= 4 is 5.97 Å². The molecule has 0 fully saturated rings. The van der Waals surface area contributed by atoms with Crippen LogP contribution in [0.15, 0.2) is 12.7 Å². The average Bonchev–Trinajstić information content (AvgIpc) is 2.29. The van der Waals surface area contributed by atoms with Gasteiger partial charge in [0.2, 0.25) is 0 Å². The van der Waals surface area contributed by atoms with Crippen molar-refractivity contribution in [1.29, 1.82) is 0 Å². The maximum Gasteiger partial charge on any atom is 0.330 e. The topological polar surface area (TPSA) is 35.5 Å². The first-order valence-electron chi connectivity index (χ1n) is 5.95. The van der Waals surface area contributed by atoms with Gasteiger partial charge in [-0.1, -0.05) is 34.3 Å². The van der Waals surface area contributed by atoms with Crippen molar-refractivity contribution < 1.29 is 14.3 Å². The summed E-state index contributed by atoms with van der Waals surface area (Å²) in [6.45, 7) is 12.7. The fraction of sp³-hybridized carbons (Fsp3) is 0.769. The Balaban J connectivity index is 4.49. The van der Waals surface area contributed by atoms with E-state index in [-0.39, 0.29) is 5.60 Å². The highest BCUT2D eigenvalue weighted by Gasteiger charge is 2.34. The van der Waals surface area contributed by atoms with Gasteiger partial charge in [0.25, 0.3) is 0 Å². The van der Waals surface area contributed by atoms with Crippen LogP contribution in [0.1, 0.15) is 40.5 Å². The molecule has 0 aliphatic carbocycles. The van der Waals surface area contributed by atoms with E-state index in [4.69, 9.17) is 9.47 Å². The first-order chi connectivity index (χ1) is 7.52. The van der Waals surface area contributed by atoms with Crippen molar-refractivity contribution in [1.82, 2.24) is 0 Å². The minimum absolute atomic E-state index is 0.298. The van der Waals surface area contributed by atoms with E-state index >= 15 is 0 Å². The number of ether oxygens (including phenoxy) is 2. The third-order valence-electron chi connectivity index (χ3n) is 2.87. The maximum absolute atomic E-state index is 11.1. The van der Waals surface area contributed by atoms with E-state index in [2.05, 4.69) is 34.3 Å². The quantitative estimate of drug-likeness (QED) is 0.473. The zero-order valence-electron chi connectivity index (χ0n) is 10.9. The molecular formula is C13H24O3. The molecule has 0 aliphatic heterocycles. The molecule has 0 amide bonds. The van der Waals surface area contributed by atoms with Crippen LogP contribution in [0, 0.1) is 5.92 Å². The standard InChI is InChI=1S/C13H24O3/c1-6-9-16-13(8-3,11(4)5)10-15-12(14)7-2/h7,11H,2,6,8-10H2,1,3-5H3. The smallest absolute Gasteiger partial charge is 0.330 e. The molecule has 1 unspecified atom stereocenters. The number of rotatable bonds is 8. The monoisotopic (exact) mass is 228 g/mol. The lowest BCUT2D eigenvalue weighted by molar-refractivity contribution is -0.157. The first kappa shape index (κ1) is 15.2. The van der Waals surface area contributed by atoms with Crippen LogP contribution in [0.4, 0.5) is 0 Å². The lowest BCUT2D eigenvalue weighted by Crippen LogP contribution is -2.43. The molecule has 94 valence electrons. The zero-order valence-corrected chi connectivity index (χ0v) is 10.9. The molecular weight excluding hydrogens is 204 g/mol. The second-order valence-corrected chi connectivity index (χ2v) is 4.23. The fourth-order valence-electron chi connectivity index (χ4n) is 1.54. The Labute approximate surface area is 98.8 Å². The zero-order chi connectivity index (χ0) is 12.6.